The highest BCUT2D eigenvalue weighted by Crippen LogP contribution is 2.29. The number of aromatic nitrogens is 2. The molecule has 0 unspecified atom stereocenters. The summed E-state index contributed by atoms with van der Waals surface area (Å²) in [4.78, 5) is 36.6. The number of carbonyl (C=O) groups excluding carboxylic acids is 2. The highest BCUT2D eigenvalue weighted by molar-refractivity contribution is 7.15. The third-order valence-corrected chi connectivity index (χ3v) is 5.89. The Hall–Kier alpha value is -3.06. The predicted octanol–water partition coefficient (Wildman–Crippen LogP) is 3.61. The van der Waals surface area contributed by atoms with Crippen LogP contribution in [0.25, 0.3) is 0 Å². The fourth-order valence-electron chi connectivity index (χ4n) is 3.14. The van der Waals surface area contributed by atoms with Crippen molar-refractivity contribution in [2.75, 3.05) is 11.9 Å². The molecule has 3 heterocycles. The first-order valence-corrected chi connectivity index (χ1v) is 9.90. The normalized spacial score (nSPS) is 13.1. The van der Waals surface area contributed by atoms with E-state index in [0.717, 1.165) is 16.1 Å². The van der Waals surface area contributed by atoms with Gasteiger partial charge in [0.05, 0.1) is 12.2 Å². The van der Waals surface area contributed by atoms with Crippen LogP contribution in [-0.4, -0.2) is 33.2 Å². The van der Waals surface area contributed by atoms with E-state index in [4.69, 9.17) is 0 Å². The highest BCUT2D eigenvalue weighted by atomic mass is 32.1. The Morgan fingerprint density at radius 3 is 2.75 bits per heavy atom. The zero-order valence-electron chi connectivity index (χ0n) is 15.7. The molecule has 142 valence electrons. The maximum atomic E-state index is 12.9. The maximum Gasteiger partial charge on any atom is 0.276 e. The van der Waals surface area contributed by atoms with Crippen LogP contribution in [0.15, 0.2) is 42.6 Å². The minimum Gasteiger partial charge on any atom is -0.333 e. The van der Waals surface area contributed by atoms with Crippen molar-refractivity contribution >= 4 is 28.3 Å². The summed E-state index contributed by atoms with van der Waals surface area (Å²) in [5, 5.41) is 3.35. The summed E-state index contributed by atoms with van der Waals surface area (Å²) in [6.45, 7) is 5.18. The summed E-state index contributed by atoms with van der Waals surface area (Å²) >= 11 is 1.42. The lowest BCUT2D eigenvalue weighted by Gasteiger charge is -2.26. The van der Waals surface area contributed by atoms with Gasteiger partial charge in [-0.3, -0.25) is 19.9 Å². The monoisotopic (exact) mass is 392 g/mol. The lowest BCUT2D eigenvalue weighted by atomic mass is 10.0. The van der Waals surface area contributed by atoms with Gasteiger partial charge in [0.1, 0.15) is 5.69 Å². The molecule has 4 rings (SSSR count). The van der Waals surface area contributed by atoms with Gasteiger partial charge < -0.3 is 4.90 Å². The second kappa shape index (κ2) is 7.52. The molecule has 2 amide bonds. The number of amides is 2. The van der Waals surface area contributed by atoms with E-state index in [-0.39, 0.29) is 11.8 Å². The highest BCUT2D eigenvalue weighted by Gasteiger charge is 2.25. The number of anilines is 1. The van der Waals surface area contributed by atoms with Crippen molar-refractivity contribution in [2.24, 2.45) is 0 Å². The molecule has 1 aromatic carbocycles. The number of carbonyl (C=O) groups is 2. The molecular formula is C21H20N4O2S. The van der Waals surface area contributed by atoms with Crippen LogP contribution in [0, 0.1) is 13.8 Å². The number of benzene rings is 1. The van der Waals surface area contributed by atoms with Crippen molar-refractivity contribution in [3.63, 3.8) is 0 Å². The number of thiazole rings is 1. The Bertz CT molecular complexity index is 1050. The van der Waals surface area contributed by atoms with Gasteiger partial charge in [-0.1, -0.05) is 23.5 Å². The van der Waals surface area contributed by atoms with Crippen molar-refractivity contribution in [1.82, 2.24) is 14.9 Å². The van der Waals surface area contributed by atoms with Gasteiger partial charge in [-0.15, -0.1) is 0 Å². The van der Waals surface area contributed by atoms with Crippen LogP contribution in [0.5, 0.6) is 0 Å². The number of hydrogen-bond donors (Lipinski definition) is 1. The van der Waals surface area contributed by atoms with Gasteiger partial charge in [-0.25, -0.2) is 4.98 Å². The van der Waals surface area contributed by atoms with Crippen molar-refractivity contribution in [3.05, 3.63) is 75.6 Å². The number of rotatable bonds is 3. The van der Waals surface area contributed by atoms with E-state index in [2.05, 4.69) is 15.3 Å². The van der Waals surface area contributed by atoms with Crippen LogP contribution in [-0.2, 0) is 13.0 Å². The van der Waals surface area contributed by atoms with E-state index in [1.165, 1.54) is 16.9 Å². The van der Waals surface area contributed by atoms with Crippen LogP contribution in [0.2, 0.25) is 0 Å². The number of pyridine rings is 1. The van der Waals surface area contributed by atoms with Gasteiger partial charge in [0.2, 0.25) is 0 Å². The molecule has 28 heavy (non-hydrogen) atoms. The molecule has 0 radical (unpaired) electrons. The van der Waals surface area contributed by atoms with Crippen molar-refractivity contribution in [2.45, 2.75) is 26.8 Å². The Morgan fingerprint density at radius 2 is 2.00 bits per heavy atom. The van der Waals surface area contributed by atoms with Gasteiger partial charge in [-0.2, -0.15) is 0 Å². The third kappa shape index (κ3) is 3.66. The molecule has 3 aromatic rings. The van der Waals surface area contributed by atoms with Crippen LogP contribution < -0.4 is 5.32 Å². The maximum absolute atomic E-state index is 12.9. The zero-order valence-corrected chi connectivity index (χ0v) is 16.5. The first kappa shape index (κ1) is 18.3. The van der Waals surface area contributed by atoms with Crippen molar-refractivity contribution < 1.29 is 9.59 Å². The second-order valence-electron chi connectivity index (χ2n) is 6.83. The first-order valence-electron chi connectivity index (χ1n) is 9.09. The summed E-state index contributed by atoms with van der Waals surface area (Å²) in [7, 11) is 0. The van der Waals surface area contributed by atoms with Gasteiger partial charge in [0, 0.05) is 29.6 Å². The molecule has 0 bridgehead atoms. The van der Waals surface area contributed by atoms with Crippen LogP contribution in [0.3, 0.4) is 0 Å². The van der Waals surface area contributed by atoms with Gasteiger partial charge >= 0.3 is 0 Å². The van der Waals surface area contributed by atoms with E-state index in [0.29, 0.717) is 35.9 Å². The second-order valence-corrected chi connectivity index (χ2v) is 7.92. The summed E-state index contributed by atoms with van der Waals surface area (Å²) in [6.07, 6.45) is 2.26. The van der Waals surface area contributed by atoms with E-state index in [9.17, 15) is 9.59 Å². The number of hydrogen-bond acceptors (Lipinski definition) is 5. The Morgan fingerprint density at radius 1 is 1.14 bits per heavy atom. The van der Waals surface area contributed by atoms with E-state index < -0.39 is 0 Å². The number of aryl methyl sites for hydroxylation is 2. The molecular weight excluding hydrogens is 372 g/mol. The minimum atomic E-state index is -0.283. The molecule has 0 atom stereocenters. The molecule has 0 saturated heterocycles. The van der Waals surface area contributed by atoms with Crippen molar-refractivity contribution in [3.8, 4) is 0 Å². The SMILES string of the molecule is Cc1ccc(C(=O)N2CCc3nc(NC(=O)c4ccccn4)sc3C2)cc1C. The largest absolute Gasteiger partial charge is 0.333 e. The smallest absolute Gasteiger partial charge is 0.276 e. The molecule has 7 heteroatoms. The topological polar surface area (TPSA) is 75.2 Å². The van der Waals surface area contributed by atoms with Crippen LogP contribution in [0.1, 0.15) is 42.5 Å². The predicted molar refractivity (Wildman–Crippen MR) is 109 cm³/mol. The Kier molecular flexibility index (Phi) is 4.92. The average molecular weight is 392 g/mol. The number of nitrogens with zero attached hydrogens (tertiary/aromatic N) is 3. The lowest BCUT2D eigenvalue weighted by Crippen LogP contribution is -2.35. The third-order valence-electron chi connectivity index (χ3n) is 4.89. The van der Waals surface area contributed by atoms with E-state index in [1.54, 1.807) is 24.4 Å². The summed E-state index contributed by atoms with van der Waals surface area (Å²) in [6, 6.07) is 11.0. The molecule has 1 aliphatic heterocycles. The van der Waals surface area contributed by atoms with Crippen molar-refractivity contribution in [1.29, 1.82) is 0 Å². The molecule has 0 aliphatic carbocycles. The number of nitrogens with one attached hydrogen (secondary N) is 1. The quantitative estimate of drug-likeness (QED) is 0.739. The minimum absolute atomic E-state index is 0.0289. The van der Waals surface area contributed by atoms with Gasteiger partial charge in [0.15, 0.2) is 5.13 Å². The van der Waals surface area contributed by atoms with E-state index >= 15 is 0 Å². The van der Waals surface area contributed by atoms with E-state index in [1.807, 2.05) is 36.9 Å². The molecule has 6 nitrogen and oxygen atoms in total. The van der Waals surface area contributed by atoms with Gasteiger partial charge in [0.25, 0.3) is 11.8 Å². The standard InChI is InChI=1S/C21H20N4O2S/c1-13-6-7-15(11-14(13)2)20(27)25-10-8-16-18(12-25)28-21(23-16)24-19(26)17-5-3-4-9-22-17/h3-7,9,11H,8,10,12H2,1-2H3,(H,23,24,26). The summed E-state index contributed by atoms with van der Waals surface area (Å²) in [5.74, 6) is -0.254. The fourth-order valence-corrected chi connectivity index (χ4v) is 4.16. The summed E-state index contributed by atoms with van der Waals surface area (Å²) < 4.78 is 0. The average Bonchev–Trinajstić information content (AvgIpc) is 3.11. The van der Waals surface area contributed by atoms with Crippen LogP contribution >= 0.6 is 11.3 Å². The molecule has 0 saturated carbocycles. The lowest BCUT2D eigenvalue weighted by molar-refractivity contribution is 0.0736. The first-order chi connectivity index (χ1) is 13.5. The number of fused-ring (bicyclic) bond motifs is 1. The molecule has 0 spiro atoms. The molecule has 1 N–H and O–H groups in total. The fraction of sp³-hybridized carbons (Fsp3) is 0.238. The Balaban J connectivity index is 1.48. The Labute approximate surface area is 167 Å². The van der Waals surface area contributed by atoms with Crippen LogP contribution in [0.4, 0.5) is 5.13 Å². The zero-order chi connectivity index (χ0) is 19.7. The van der Waals surface area contributed by atoms with Gasteiger partial charge in [-0.05, 0) is 49.2 Å². The summed E-state index contributed by atoms with van der Waals surface area (Å²) in [5.41, 5.74) is 4.29. The molecule has 2 aromatic heterocycles. The molecule has 1 aliphatic rings. The molecule has 0 fully saturated rings.